The molecule has 32 heavy (non-hydrogen) atoms. The number of nitrogens with one attached hydrogen (secondary N) is 1. The Balaban J connectivity index is 1.55. The largest absolute Gasteiger partial charge is 0.573 e. The highest BCUT2D eigenvalue weighted by Crippen LogP contribution is 2.26. The zero-order valence-electron chi connectivity index (χ0n) is 16.4. The molecule has 2 aromatic carbocycles. The van der Waals surface area contributed by atoms with E-state index in [1.165, 1.54) is 22.5 Å². The van der Waals surface area contributed by atoms with Crippen molar-refractivity contribution >= 4 is 10.0 Å². The summed E-state index contributed by atoms with van der Waals surface area (Å²) in [6.07, 6.45) is -2.95. The molecule has 0 amide bonds. The van der Waals surface area contributed by atoms with Gasteiger partial charge < -0.3 is 4.74 Å². The first kappa shape index (κ1) is 23.5. The van der Waals surface area contributed by atoms with Crippen LogP contribution in [0.4, 0.5) is 17.6 Å². The summed E-state index contributed by atoms with van der Waals surface area (Å²) in [5.41, 5.74) is 3.82. The maximum Gasteiger partial charge on any atom is 0.573 e. The van der Waals surface area contributed by atoms with Crippen molar-refractivity contribution in [3.63, 3.8) is 0 Å². The van der Waals surface area contributed by atoms with E-state index >= 15 is 0 Å². The molecule has 7 nitrogen and oxygen atoms in total. The second-order valence-electron chi connectivity index (χ2n) is 6.68. The maximum absolute atomic E-state index is 13.3. The third kappa shape index (κ3) is 5.97. The number of hydroxylamine groups is 1. The molecule has 0 fully saturated rings. The van der Waals surface area contributed by atoms with Gasteiger partial charge in [-0.3, -0.25) is 10.3 Å². The Hall–Kier alpha value is -3.14. The minimum Gasteiger partial charge on any atom is -0.406 e. The van der Waals surface area contributed by atoms with Gasteiger partial charge in [0.15, 0.2) is 0 Å². The molecule has 2 aromatic rings. The standard InChI is InChI=1S/C20H17F4N3O4S/c21-19-6-1-14(11-15(19)12-25)13-30-26-16-7-9-27(10-8-16)32(28,29)18-4-2-17(3-5-18)31-20(22,23)24/h1-7,11,26H,8-10,13H2. The summed E-state index contributed by atoms with van der Waals surface area (Å²) >= 11 is 0. The summed E-state index contributed by atoms with van der Waals surface area (Å²) < 4.78 is 80.4. The predicted octanol–water partition coefficient (Wildman–Crippen LogP) is 3.60. The molecular formula is C20H17F4N3O4S. The van der Waals surface area contributed by atoms with Crippen LogP contribution in [0, 0.1) is 17.1 Å². The molecule has 0 radical (unpaired) electrons. The van der Waals surface area contributed by atoms with Gasteiger partial charge >= 0.3 is 6.36 Å². The van der Waals surface area contributed by atoms with Crippen LogP contribution in [0.1, 0.15) is 17.5 Å². The van der Waals surface area contributed by atoms with Crippen molar-refractivity contribution in [3.8, 4) is 11.8 Å². The number of benzene rings is 2. The molecule has 0 spiro atoms. The van der Waals surface area contributed by atoms with Gasteiger partial charge in [0.25, 0.3) is 0 Å². The van der Waals surface area contributed by atoms with Crippen LogP contribution in [0.25, 0.3) is 0 Å². The predicted molar refractivity (Wildman–Crippen MR) is 104 cm³/mol. The van der Waals surface area contributed by atoms with E-state index < -0.39 is 28.0 Å². The van der Waals surface area contributed by atoms with Crippen molar-refractivity contribution in [2.75, 3.05) is 13.1 Å². The van der Waals surface area contributed by atoms with Crippen molar-refractivity contribution in [1.29, 1.82) is 5.26 Å². The third-order valence-corrected chi connectivity index (χ3v) is 6.34. The van der Waals surface area contributed by atoms with Crippen LogP contribution in [0.2, 0.25) is 0 Å². The fourth-order valence-corrected chi connectivity index (χ4v) is 4.26. The van der Waals surface area contributed by atoms with Gasteiger partial charge in [0.2, 0.25) is 10.0 Å². The van der Waals surface area contributed by atoms with E-state index in [0.717, 1.165) is 24.3 Å². The average Bonchev–Trinajstić information content (AvgIpc) is 2.74. The van der Waals surface area contributed by atoms with Crippen LogP contribution in [0.5, 0.6) is 5.75 Å². The van der Waals surface area contributed by atoms with Gasteiger partial charge in [-0.2, -0.15) is 9.57 Å². The average molecular weight is 471 g/mol. The SMILES string of the molecule is N#Cc1cc(CONC2=CCN(S(=O)(=O)c3ccc(OC(F)(F)F)cc3)CC2)ccc1F. The summed E-state index contributed by atoms with van der Waals surface area (Å²) in [6, 6.07) is 9.73. The van der Waals surface area contributed by atoms with Gasteiger partial charge in [-0.15, -0.1) is 13.2 Å². The summed E-state index contributed by atoms with van der Waals surface area (Å²) in [6.45, 7) is 0.213. The van der Waals surface area contributed by atoms with Gasteiger partial charge in [0, 0.05) is 25.2 Å². The minimum absolute atomic E-state index is 0.0317. The van der Waals surface area contributed by atoms with Crippen LogP contribution in [0.15, 0.2) is 59.1 Å². The molecular weight excluding hydrogens is 454 g/mol. The molecule has 0 aliphatic carbocycles. The van der Waals surface area contributed by atoms with Crippen molar-refractivity contribution in [1.82, 2.24) is 9.79 Å². The Kier molecular flexibility index (Phi) is 7.02. The van der Waals surface area contributed by atoms with E-state index in [9.17, 15) is 26.0 Å². The van der Waals surface area contributed by atoms with Gasteiger partial charge in [0.1, 0.15) is 17.6 Å². The van der Waals surface area contributed by atoms with Gasteiger partial charge in [-0.1, -0.05) is 6.07 Å². The molecule has 1 N–H and O–H groups in total. The smallest absolute Gasteiger partial charge is 0.406 e. The molecule has 0 saturated carbocycles. The molecule has 12 heteroatoms. The van der Waals surface area contributed by atoms with E-state index in [1.807, 2.05) is 0 Å². The second kappa shape index (κ2) is 9.56. The van der Waals surface area contributed by atoms with Gasteiger partial charge in [-0.25, -0.2) is 12.8 Å². The van der Waals surface area contributed by atoms with E-state index in [2.05, 4.69) is 10.2 Å². The maximum atomic E-state index is 13.3. The van der Waals surface area contributed by atoms with Crippen molar-refractivity contribution < 1.29 is 35.6 Å². The zero-order valence-corrected chi connectivity index (χ0v) is 17.2. The van der Waals surface area contributed by atoms with E-state index in [-0.39, 0.29) is 30.2 Å². The number of nitriles is 1. The molecule has 170 valence electrons. The number of ether oxygens (including phenoxy) is 1. The molecule has 0 unspecified atom stereocenters. The second-order valence-corrected chi connectivity index (χ2v) is 8.62. The van der Waals surface area contributed by atoms with Crippen LogP contribution in [-0.4, -0.2) is 32.2 Å². The molecule has 0 aromatic heterocycles. The van der Waals surface area contributed by atoms with E-state index in [1.54, 1.807) is 12.1 Å². The van der Waals surface area contributed by atoms with Gasteiger partial charge in [0.05, 0.1) is 17.1 Å². The number of alkyl halides is 3. The molecule has 3 rings (SSSR count). The first-order chi connectivity index (χ1) is 15.1. The number of rotatable bonds is 7. The normalized spacial score (nSPS) is 15.0. The summed E-state index contributed by atoms with van der Waals surface area (Å²) in [7, 11) is -3.90. The molecule has 1 heterocycles. The Morgan fingerprint density at radius 2 is 1.88 bits per heavy atom. The summed E-state index contributed by atoms with van der Waals surface area (Å²) in [4.78, 5) is 5.18. The van der Waals surface area contributed by atoms with Crippen molar-refractivity contribution in [2.45, 2.75) is 24.3 Å². The molecule has 1 aliphatic heterocycles. The van der Waals surface area contributed by atoms with Crippen LogP contribution in [-0.2, 0) is 21.5 Å². The minimum atomic E-state index is -4.86. The van der Waals surface area contributed by atoms with E-state index in [0.29, 0.717) is 17.7 Å². The van der Waals surface area contributed by atoms with Crippen molar-refractivity contribution in [2.24, 2.45) is 0 Å². The zero-order chi connectivity index (χ0) is 23.4. The van der Waals surface area contributed by atoms with Gasteiger partial charge in [-0.05, 0) is 48.0 Å². The first-order valence-electron chi connectivity index (χ1n) is 9.20. The number of hydrogen-bond acceptors (Lipinski definition) is 6. The molecule has 1 aliphatic rings. The Morgan fingerprint density at radius 3 is 2.47 bits per heavy atom. The number of halogens is 4. The van der Waals surface area contributed by atoms with Crippen molar-refractivity contribution in [3.05, 3.63) is 71.2 Å². The first-order valence-corrected chi connectivity index (χ1v) is 10.6. The fraction of sp³-hybridized carbons (Fsp3) is 0.250. The lowest BCUT2D eigenvalue weighted by molar-refractivity contribution is -0.274. The topological polar surface area (TPSA) is 91.7 Å². The summed E-state index contributed by atoms with van der Waals surface area (Å²) in [5.74, 6) is -1.13. The lowest BCUT2D eigenvalue weighted by atomic mass is 10.1. The third-order valence-electron chi connectivity index (χ3n) is 4.46. The Bertz CT molecular complexity index is 1140. The molecule has 0 saturated heterocycles. The highest BCUT2D eigenvalue weighted by atomic mass is 32.2. The highest BCUT2D eigenvalue weighted by Gasteiger charge is 2.31. The van der Waals surface area contributed by atoms with Crippen LogP contribution < -0.4 is 10.2 Å². The molecule has 0 bridgehead atoms. The highest BCUT2D eigenvalue weighted by molar-refractivity contribution is 7.89. The lowest BCUT2D eigenvalue weighted by Gasteiger charge is -2.26. The number of nitrogens with zero attached hydrogens (tertiary/aromatic N) is 2. The quantitative estimate of drug-likeness (QED) is 0.490. The lowest BCUT2D eigenvalue weighted by Crippen LogP contribution is -2.36. The van der Waals surface area contributed by atoms with E-state index in [4.69, 9.17) is 10.1 Å². The fourth-order valence-electron chi connectivity index (χ4n) is 2.88. The molecule has 0 atom stereocenters. The Morgan fingerprint density at radius 1 is 1.16 bits per heavy atom. The van der Waals surface area contributed by atoms with Crippen LogP contribution in [0.3, 0.4) is 0 Å². The number of hydrogen-bond donors (Lipinski definition) is 1. The Labute approximate surface area is 181 Å². The summed E-state index contributed by atoms with van der Waals surface area (Å²) in [5, 5.41) is 8.84. The number of sulfonamides is 1. The van der Waals surface area contributed by atoms with Crippen LogP contribution >= 0.6 is 0 Å². The monoisotopic (exact) mass is 471 g/mol.